The average molecular weight is 200 g/mol. The monoisotopic (exact) mass is 199 g/mol. The zero-order valence-corrected chi connectivity index (χ0v) is 7.98. The third-order valence-electron chi connectivity index (χ3n) is 1.38. The van der Waals surface area contributed by atoms with Gasteiger partial charge in [0.1, 0.15) is 5.02 Å². The summed E-state index contributed by atoms with van der Waals surface area (Å²) >= 11 is 5.70. The lowest BCUT2D eigenvalue weighted by Gasteiger charge is -2.05. The number of halogens is 1. The van der Waals surface area contributed by atoms with E-state index in [0.29, 0.717) is 12.2 Å². The summed E-state index contributed by atoms with van der Waals surface area (Å²) in [4.78, 5) is 11.0. The minimum atomic E-state index is -0.395. The van der Waals surface area contributed by atoms with Crippen LogP contribution in [0, 0.1) is 0 Å². The number of aromatic amines is 1. The first-order valence-electron chi connectivity index (χ1n) is 3.72. The third-order valence-corrected chi connectivity index (χ3v) is 1.75. The summed E-state index contributed by atoms with van der Waals surface area (Å²) in [6.45, 7) is 6.16. The molecule has 5 heteroatoms. The van der Waals surface area contributed by atoms with Gasteiger partial charge in [-0.15, -0.1) is 0 Å². The van der Waals surface area contributed by atoms with Crippen LogP contribution in [-0.2, 0) is 0 Å². The Morgan fingerprint density at radius 3 is 3.15 bits per heavy atom. The van der Waals surface area contributed by atoms with Gasteiger partial charge in [-0.1, -0.05) is 23.8 Å². The second kappa shape index (κ2) is 4.09. The van der Waals surface area contributed by atoms with E-state index in [1.807, 2.05) is 6.92 Å². The fourth-order valence-corrected chi connectivity index (χ4v) is 0.911. The maximum Gasteiger partial charge on any atom is 0.285 e. The average Bonchev–Trinajstić information content (AvgIpc) is 2.07. The first-order chi connectivity index (χ1) is 6.11. The second-order valence-corrected chi connectivity index (χ2v) is 3.12. The highest BCUT2D eigenvalue weighted by molar-refractivity contribution is 6.32. The van der Waals surface area contributed by atoms with Crippen molar-refractivity contribution in [3.8, 4) is 0 Å². The smallest absolute Gasteiger partial charge is 0.285 e. The van der Waals surface area contributed by atoms with Gasteiger partial charge in [0.25, 0.3) is 5.56 Å². The normalized spacial score (nSPS) is 9.69. The molecule has 0 fully saturated rings. The van der Waals surface area contributed by atoms with E-state index in [-0.39, 0.29) is 5.02 Å². The van der Waals surface area contributed by atoms with Crippen LogP contribution in [0.1, 0.15) is 6.92 Å². The van der Waals surface area contributed by atoms with Crippen LogP contribution in [0.15, 0.2) is 23.1 Å². The maximum atomic E-state index is 11.0. The highest BCUT2D eigenvalue weighted by atomic mass is 35.5. The number of nitrogens with zero attached hydrogens (tertiary/aromatic N) is 1. The Hall–Kier alpha value is -1.29. The molecule has 0 saturated heterocycles. The number of aromatic nitrogens is 2. The molecule has 0 aliphatic carbocycles. The highest BCUT2D eigenvalue weighted by Gasteiger charge is 2.02. The quantitative estimate of drug-likeness (QED) is 0.724. The van der Waals surface area contributed by atoms with E-state index in [1.54, 1.807) is 0 Å². The Labute approximate surface area is 80.6 Å². The highest BCUT2D eigenvalue weighted by Crippen LogP contribution is 2.14. The number of H-pyrrole nitrogens is 1. The molecule has 0 aliphatic heterocycles. The van der Waals surface area contributed by atoms with Crippen molar-refractivity contribution in [3.05, 3.63) is 33.7 Å². The Morgan fingerprint density at radius 1 is 1.85 bits per heavy atom. The van der Waals surface area contributed by atoms with Gasteiger partial charge in [-0.25, -0.2) is 5.10 Å². The molecule has 4 nitrogen and oxygen atoms in total. The van der Waals surface area contributed by atoms with Gasteiger partial charge in [0.05, 0.1) is 11.9 Å². The Morgan fingerprint density at radius 2 is 2.54 bits per heavy atom. The predicted molar refractivity (Wildman–Crippen MR) is 53.2 cm³/mol. The van der Waals surface area contributed by atoms with Crippen molar-refractivity contribution in [2.75, 3.05) is 11.9 Å². The van der Waals surface area contributed by atoms with Crippen LogP contribution in [0.2, 0.25) is 5.02 Å². The fourth-order valence-electron chi connectivity index (χ4n) is 0.753. The zero-order valence-electron chi connectivity index (χ0n) is 7.22. The van der Waals surface area contributed by atoms with E-state index < -0.39 is 5.56 Å². The van der Waals surface area contributed by atoms with Crippen LogP contribution < -0.4 is 10.9 Å². The molecule has 0 radical (unpaired) electrons. The van der Waals surface area contributed by atoms with Gasteiger partial charge in [0, 0.05) is 6.54 Å². The van der Waals surface area contributed by atoms with Crippen molar-refractivity contribution in [3.63, 3.8) is 0 Å². The molecule has 1 aromatic rings. The Balaban J connectivity index is 2.83. The van der Waals surface area contributed by atoms with Crippen molar-refractivity contribution in [2.45, 2.75) is 6.92 Å². The topological polar surface area (TPSA) is 57.8 Å². The summed E-state index contributed by atoms with van der Waals surface area (Å²) in [5.41, 5.74) is 1.08. The molecule has 0 saturated carbocycles. The minimum Gasteiger partial charge on any atom is -0.379 e. The van der Waals surface area contributed by atoms with Crippen LogP contribution in [0.3, 0.4) is 0 Å². The summed E-state index contributed by atoms with van der Waals surface area (Å²) in [6, 6.07) is 0. The zero-order chi connectivity index (χ0) is 9.84. The molecule has 13 heavy (non-hydrogen) atoms. The third kappa shape index (κ3) is 2.59. The molecular formula is C8H10ClN3O. The molecule has 0 spiro atoms. The molecule has 1 heterocycles. The number of rotatable bonds is 3. The maximum absolute atomic E-state index is 11.0. The van der Waals surface area contributed by atoms with E-state index in [9.17, 15) is 4.79 Å². The van der Waals surface area contributed by atoms with Crippen molar-refractivity contribution >= 4 is 17.3 Å². The number of anilines is 1. The van der Waals surface area contributed by atoms with Gasteiger partial charge in [-0.05, 0) is 6.92 Å². The molecule has 0 atom stereocenters. The van der Waals surface area contributed by atoms with Crippen LogP contribution >= 0.6 is 11.6 Å². The fraction of sp³-hybridized carbons (Fsp3) is 0.250. The number of nitrogens with one attached hydrogen (secondary N) is 2. The molecule has 0 amide bonds. The van der Waals surface area contributed by atoms with E-state index in [1.165, 1.54) is 6.20 Å². The molecule has 0 unspecified atom stereocenters. The van der Waals surface area contributed by atoms with Gasteiger partial charge >= 0.3 is 0 Å². The molecular weight excluding hydrogens is 190 g/mol. The molecule has 1 rings (SSSR count). The lowest BCUT2D eigenvalue weighted by molar-refractivity contribution is 0.985. The predicted octanol–water partition coefficient (Wildman–Crippen LogP) is 1.41. The Kier molecular flexibility index (Phi) is 3.08. The van der Waals surface area contributed by atoms with Gasteiger partial charge in [-0.3, -0.25) is 4.79 Å². The van der Waals surface area contributed by atoms with Crippen LogP contribution in [-0.4, -0.2) is 16.7 Å². The largest absolute Gasteiger partial charge is 0.379 e. The number of hydrogen-bond acceptors (Lipinski definition) is 3. The molecule has 0 bridgehead atoms. The molecule has 0 aromatic carbocycles. The van der Waals surface area contributed by atoms with E-state index in [0.717, 1.165) is 5.57 Å². The van der Waals surface area contributed by atoms with Crippen LogP contribution in [0.25, 0.3) is 0 Å². The van der Waals surface area contributed by atoms with Crippen LogP contribution in [0.4, 0.5) is 5.69 Å². The van der Waals surface area contributed by atoms with Crippen molar-refractivity contribution in [1.29, 1.82) is 0 Å². The first kappa shape index (κ1) is 9.80. The summed E-state index contributed by atoms with van der Waals surface area (Å²) in [5, 5.41) is 8.90. The van der Waals surface area contributed by atoms with Gasteiger partial charge in [-0.2, -0.15) is 5.10 Å². The lowest BCUT2D eigenvalue weighted by atomic mass is 10.3. The molecule has 1 aromatic heterocycles. The molecule has 70 valence electrons. The van der Waals surface area contributed by atoms with E-state index in [2.05, 4.69) is 22.1 Å². The number of hydrogen-bond donors (Lipinski definition) is 2. The summed E-state index contributed by atoms with van der Waals surface area (Å²) < 4.78 is 0. The standard InChI is InChI=1S/C8H10ClN3O/c1-5(2)3-10-6-4-11-12-8(13)7(6)9/h4H,1,3H2,2H3,(H2,10,12,13). The second-order valence-electron chi connectivity index (χ2n) is 2.74. The van der Waals surface area contributed by atoms with Gasteiger partial charge < -0.3 is 5.32 Å². The lowest BCUT2D eigenvalue weighted by Crippen LogP contribution is -2.12. The Bertz CT molecular complexity index is 372. The van der Waals surface area contributed by atoms with Crippen molar-refractivity contribution < 1.29 is 0 Å². The van der Waals surface area contributed by atoms with Crippen LogP contribution in [0.5, 0.6) is 0 Å². The molecule has 2 N–H and O–H groups in total. The summed E-state index contributed by atoms with van der Waals surface area (Å²) in [5.74, 6) is 0. The van der Waals surface area contributed by atoms with Crippen molar-refractivity contribution in [2.24, 2.45) is 0 Å². The van der Waals surface area contributed by atoms with Gasteiger partial charge in [0.15, 0.2) is 0 Å². The minimum absolute atomic E-state index is 0.122. The summed E-state index contributed by atoms with van der Waals surface area (Å²) in [6.07, 6.45) is 1.46. The van der Waals surface area contributed by atoms with E-state index in [4.69, 9.17) is 11.6 Å². The SMILES string of the molecule is C=C(C)CNc1cn[nH]c(=O)c1Cl. The van der Waals surface area contributed by atoms with E-state index >= 15 is 0 Å². The first-order valence-corrected chi connectivity index (χ1v) is 4.10. The van der Waals surface area contributed by atoms with Crippen molar-refractivity contribution in [1.82, 2.24) is 10.2 Å². The summed E-state index contributed by atoms with van der Waals surface area (Å²) in [7, 11) is 0. The molecule has 0 aliphatic rings. The van der Waals surface area contributed by atoms with Gasteiger partial charge in [0.2, 0.25) is 0 Å².